The fourth-order valence-corrected chi connectivity index (χ4v) is 1.91. The summed E-state index contributed by atoms with van der Waals surface area (Å²) in [5.41, 5.74) is 5.95. The van der Waals surface area contributed by atoms with Gasteiger partial charge in [-0.3, -0.25) is 4.79 Å². The molecule has 1 amide bonds. The Morgan fingerprint density at radius 1 is 1.71 bits per heavy atom. The SMILES string of the molecule is C#CCC(=O)N1CCC(N)C(CC)C1. The molecule has 1 aliphatic heterocycles. The van der Waals surface area contributed by atoms with Gasteiger partial charge in [0.05, 0.1) is 6.42 Å². The maximum Gasteiger partial charge on any atom is 0.234 e. The molecule has 0 aromatic carbocycles. The molecule has 0 saturated carbocycles. The Labute approximate surface area is 85.6 Å². The first-order valence-corrected chi connectivity index (χ1v) is 5.15. The zero-order chi connectivity index (χ0) is 10.6. The lowest BCUT2D eigenvalue weighted by atomic mass is 9.90. The third-order valence-corrected chi connectivity index (χ3v) is 2.92. The molecule has 0 radical (unpaired) electrons. The van der Waals surface area contributed by atoms with Crippen LogP contribution in [0.5, 0.6) is 0 Å². The van der Waals surface area contributed by atoms with Gasteiger partial charge in [-0.05, 0) is 12.3 Å². The van der Waals surface area contributed by atoms with Crippen LogP contribution in [0.2, 0.25) is 0 Å². The molecule has 0 aliphatic carbocycles. The highest BCUT2D eigenvalue weighted by atomic mass is 16.2. The molecule has 1 saturated heterocycles. The smallest absolute Gasteiger partial charge is 0.234 e. The Morgan fingerprint density at radius 2 is 2.43 bits per heavy atom. The summed E-state index contributed by atoms with van der Waals surface area (Å²) in [5.74, 6) is 2.89. The van der Waals surface area contributed by atoms with Crippen molar-refractivity contribution in [3.05, 3.63) is 0 Å². The van der Waals surface area contributed by atoms with Crippen LogP contribution in [0.1, 0.15) is 26.2 Å². The Hall–Kier alpha value is -1.01. The summed E-state index contributed by atoms with van der Waals surface area (Å²) >= 11 is 0. The molecule has 2 atom stereocenters. The van der Waals surface area contributed by atoms with Gasteiger partial charge >= 0.3 is 0 Å². The number of nitrogens with zero attached hydrogens (tertiary/aromatic N) is 1. The van der Waals surface area contributed by atoms with Crippen LogP contribution < -0.4 is 5.73 Å². The lowest BCUT2D eigenvalue weighted by molar-refractivity contribution is -0.132. The highest BCUT2D eigenvalue weighted by Gasteiger charge is 2.27. The minimum Gasteiger partial charge on any atom is -0.341 e. The van der Waals surface area contributed by atoms with Gasteiger partial charge in [-0.25, -0.2) is 0 Å². The molecule has 1 rings (SSSR count). The van der Waals surface area contributed by atoms with E-state index in [1.54, 1.807) is 0 Å². The summed E-state index contributed by atoms with van der Waals surface area (Å²) in [7, 11) is 0. The molecule has 2 N–H and O–H groups in total. The second-order valence-electron chi connectivity index (χ2n) is 3.84. The Morgan fingerprint density at radius 3 is 3.00 bits per heavy atom. The number of rotatable bonds is 2. The highest BCUT2D eigenvalue weighted by molar-refractivity contribution is 5.78. The number of amides is 1. The molecule has 0 bridgehead atoms. The predicted octanol–water partition coefficient (Wildman–Crippen LogP) is 0.595. The summed E-state index contributed by atoms with van der Waals surface area (Å²) in [5, 5.41) is 0. The second kappa shape index (κ2) is 5.02. The van der Waals surface area contributed by atoms with E-state index in [-0.39, 0.29) is 18.4 Å². The normalized spacial score (nSPS) is 27.1. The van der Waals surface area contributed by atoms with E-state index in [1.165, 1.54) is 0 Å². The Balaban J connectivity index is 2.50. The van der Waals surface area contributed by atoms with Crippen LogP contribution in [0.4, 0.5) is 0 Å². The van der Waals surface area contributed by atoms with E-state index < -0.39 is 0 Å². The molecular weight excluding hydrogens is 176 g/mol. The van der Waals surface area contributed by atoms with Crippen molar-refractivity contribution in [2.45, 2.75) is 32.2 Å². The minimum atomic E-state index is 0.0675. The van der Waals surface area contributed by atoms with Crippen molar-refractivity contribution >= 4 is 5.91 Å². The maximum atomic E-state index is 11.5. The van der Waals surface area contributed by atoms with Crippen LogP contribution >= 0.6 is 0 Å². The number of hydrogen-bond donors (Lipinski definition) is 1. The van der Waals surface area contributed by atoms with Crippen molar-refractivity contribution in [1.82, 2.24) is 4.90 Å². The summed E-state index contributed by atoms with van der Waals surface area (Å²) < 4.78 is 0. The fraction of sp³-hybridized carbons (Fsp3) is 0.727. The molecule has 0 aromatic rings. The fourth-order valence-electron chi connectivity index (χ4n) is 1.91. The average molecular weight is 194 g/mol. The van der Waals surface area contributed by atoms with E-state index in [4.69, 9.17) is 12.2 Å². The van der Waals surface area contributed by atoms with Gasteiger partial charge in [-0.15, -0.1) is 6.42 Å². The number of nitrogens with two attached hydrogens (primary N) is 1. The third-order valence-electron chi connectivity index (χ3n) is 2.92. The van der Waals surface area contributed by atoms with Crippen molar-refractivity contribution < 1.29 is 4.79 Å². The third kappa shape index (κ3) is 2.49. The van der Waals surface area contributed by atoms with Gasteiger partial charge in [0, 0.05) is 19.1 Å². The van der Waals surface area contributed by atoms with Gasteiger partial charge in [0.25, 0.3) is 0 Å². The average Bonchev–Trinajstić information content (AvgIpc) is 2.19. The van der Waals surface area contributed by atoms with Crippen LogP contribution in [0.3, 0.4) is 0 Å². The minimum absolute atomic E-state index is 0.0675. The van der Waals surface area contributed by atoms with Crippen molar-refractivity contribution in [3.8, 4) is 12.3 Å². The van der Waals surface area contributed by atoms with E-state index in [0.717, 1.165) is 25.9 Å². The zero-order valence-corrected chi connectivity index (χ0v) is 8.70. The standard InChI is InChI=1S/C11H18N2O/c1-3-5-11(14)13-7-6-10(12)9(4-2)8-13/h1,9-10H,4-8,12H2,2H3. The van der Waals surface area contributed by atoms with Crippen LogP contribution in [-0.4, -0.2) is 29.9 Å². The number of likely N-dealkylation sites (tertiary alicyclic amines) is 1. The molecule has 78 valence electrons. The Bertz CT molecular complexity index is 244. The van der Waals surface area contributed by atoms with E-state index in [9.17, 15) is 4.79 Å². The monoisotopic (exact) mass is 194 g/mol. The van der Waals surface area contributed by atoms with Gasteiger partial charge in [0.1, 0.15) is 0 Å². The van der Waals surface area contributed by atoms with Gasteiger partial charge in [0.15, 0.2) is 0 Å². The molecule has 0 aromatic heterocycles. The van der Waals surface area contributed by atoms with Crippen molar-refractivity contribution in [3.63, 3.8) is 0 Å². The van der Waals surface area contributed by atoms with E-state index in [0.29, 0.717) is 5.92 Å². The number of hydrogen-bond acceptors (Lipinski definition) is 2. The van der Waals surface area contributed by atoms with Gasteiger partial charge in [-0.2, -0.15) is 0 Å². The quantitative estimate of drug-likeness (QED) is 0.654. The summed E-state index contributed by atoms with van der Waals surface area (Å²) in [4.78, 5) is 13.4. The van der Waals surface area contributed by atoms with Crippen molar-refractivity contribution in [2.24, 2.45) is 11.7 Å². The van der Waals surface area contributed by atoms with E-state index in [2.05, 4.69) is 12.8 Å². The van der Waals surface area contributed by atoms with Crippen molar-refractivity contribution in [2.75, 3.05) is 13.1 Å². The number of carbonyl (C=O) groups excluding carboxylic acids is 1. The molecule has 0 spiro atoms. The first kappa shape index (κ1) is 11.1. The molecule has 1 fully saturated rings. The summed E-state index contributed by atoms with van der Waals surface area (Å²) in [6, 6.07) is 0.245. The first-order chi connectivity index (χ1) is 6.69. The van der Waals surface area contributed by atoms with Crippen molar-refractivity contribution in [1.29, 1.82) is 0 Å². The summed E-state index contributed by atoms with van der Waals surface area (Å²) in [6.45, 7) is 3.65. The van der Waals surface area contributed by atoms with Crippen LogP contribution in [0, 0.1) is 18.3 Å². The number of piperidine rings is 1. The maximum absolute atomic E-state index is 11.5. The molecule has 14 heavy (non-hydrogen) atoms. The lowest BCUT2D eigenvalue weighted by Crippen LogP contribution is -2.48. The second-order valence-corrected chi connectivity index (χ2v) is 3.84. The van der Waals surface area contributed by atoms with Crippen LogP contribution in [0.25, 0.3) is 0 Å². The van der Waals surface area contributed by atoms with Gasteiger partial charge in [-0.1, -0.05) is 19.3 Å². The molecule has 1 aliphatic rings. The topological polar surface area (TPSA) is 46.3 Å². The molecule has 3 nitrogen and oxygen atoms in total. The highest BCUT2D eigenvalue weighted by Crippen LogP contribution is 2.18. The number of terminal acetylenes is 1. The molecule has 1 heterocycles. The van der Waals surface area contributed by atoms with Crippen LogP contribution in [-0.2, 0) is 4.79 Å². The predicted molar refractivity (Wildman–Crippen MR) is 56.4 cm³/mol. The zero-order valence-electron chi connectivity index (χ0n) is 8.70. The molecule has 2 unspecified atom stereocenters. The van der Waals surface area contributed by atoms with E-state index >= 15 is 0 Å². The summed E-state index contributed by atoms with van der Waals surface area (Å²) in [6.07, 6.45) is 7.25. The van der Waals surface area contributed by atoms with Gasteiger partial charge in [0.2, 0.25) is 5.91 Å². The van der Waals surface area contributed by atoms with Gasteiger partial charge < -0.3 is 10.6 Å². The van der Waals surface area contributed by atoms with E-state index in [1.807, 2.05) is 4.90 Å². The lowest BCUT2D eigenvalue weighted by Gasteiger charge is -2.36. The van der Waals surface area contributed by atoms with Crippen LogP contribution in [0.15, 0.2) is 0 Å². The largest absolute Gasteiger partial charge is 0.341 e. The first-order valence-electron chi connectivity index (χ1n) is 5.15. The molecular formula is C11H18N2O. The molecule has 3 heteroatoms. The Kier molecular flexibility index (Phi) is 3.97. The number of carbonyl (C=O) groups is 1.